The summed E-state index contributed by atoms with van der Waals surface area (Å²) in [6, 6.07) is 0.380. The van der Waals surface area contributed by atoms with Crippen LogP contribution in [-0.4, -0.2) is 16.8 Å². The molecular formula is C10H17ClN2. The summed E-state index contributed by atoms with van der Waals surface area (Å²) in [4.78, 5) is -0.0308. The van der Waals surface area contributed by atoms with Gasteiger partial charge in [-0.05, 0) is 12.3 Å². The van der Waals surface area contributed by atoms with Crippen LogP contribution in [0, 0.1) is 17.2 Å². The third-order valence-corrected chi connectivity index (χ3v) is 4.10. The van der Waals surface area contributed by atoms with E-state index < -0.39 is 0 Å². The first-order valence-corrected chi connectivity index (χ1v) is 5.50. The summed E-state index contributed by atoms with van der Waals surface area (Å²) in [5.74, 6) is 1.86. The fourth-order valence-corrected chi connectivity index (χ4v) is 3.51. The van der Waals surface area contributed by atoms with Crippen LogP contribution in [0.2, 0.25) is 0 Å². The lowest BCUT2D eigenvalue weighted by atomic mass is 9.97. The molecule has 0 spiro atoms. The second-order valence-electron chi connectivity index (χ2n) is 4.48. The van der Waals surface area contributed by atoms with Crippen molar-refractivity contribution in [3.63, 3.8) is 0 Å². The van der Waals surface area contributed by atoms with E-state index in [2.05, 4.69) is 19.2 Å². The molecule has 2 N–H and O–H groups in total. The number of hydrogen-bond acceptors (Lipinski definition) is 1. The van der Waals surface area contributed by atoms with E-state index in [1.165, 1.54) is 0 Å². The Hall–Kier alpha value is -0.240. The highest BCUT2D eigenvalue weighted by atomic mass is 35.5. The minimum atomic E-state index is -0.0308. The maximum Gasteiger partial charge on any atom is 0.0937 e. The first kappa shape index (κ1) is 9.32. The summed E-state index contributed by atoms with van der Waals surface area (Å²) in [6.07, 6.45) is 3.09. The van der Waals surface area contributed by atoms with Crippen molar-refractivity contribution >= 4 is 17.4 Å². The van der Waals surface area contributed by atoms with Gasteiger partial charge in [0.15, 0.2) is 0 Å². The number of piperidine rings is 1. The lowest BCUT2D eigenvalue weighted by Gasteiger charge is -2.18. The average Bonchev–Trinajstić information content (AvgIpc) is 2.56. The van der Waals surface area contributed by atoms with Gasteiger partial charge in [-0.15, -0.1) is 11.6 Å². The van der Waals surface area contributed by atoms with E-state index in [-0.39, 0.29) is 4.87 Å². The van der Waals surface area contributed by atoms with Crippen molar-refractivity contribution in [2.45, 2.75) is 44.0 Å². The smallest absolute Gasteiger partial charge is 0.0937 e. The first-order chi connectivity index (χ1) is 6.09. The Kier molecular flexibility index (Phi) is 2.06. The zero-order valence-corrected chi connectivity index (χ0v) is 8.99. The van der Waals surface area contributed by atoms with Gasteiger partial charge >= 0.3 is 0 Å². The molecule has 13 heavy (non-hydrogen) atoms. The van der Waals surface area contributed by atoms with Gasteiger partial charge in [0.2, 0.25) is 0 Å². The number of hydrogen-bond donors (Lipinski definition) is 2. The van der Waals surface area contributed by atoms with Gasteiger partial charge in [0.25, 0.3) is 0 Å². The summed E-state index contributed by atoms with van der Waals surface area (Å²) in [6.45, 7) is 4.39. The van der Waals surface area contributed by atoms with Crippen LogP contribution in [0.4, 0.5) is 0 Å². The molecule has 2 nitrogen and oxygen atoms in total. The van der Waals surface area contributed by atoms with Crippen molar-refractivity contribution < 1.29 is 0 Å². The molecule has 1 saturated carbocycles. The van der Waals surface area contributed by atoms with Gasteiger partial charge in [-0.3, -0.25) is 5.41 Å². The van der Waals surface area contributed by atoms with Crippen molar-refractivity contribution in [1.29, 1.82) is 5.41 Å². The van der Waals surface area contributed by atoms with E-state index in [4.69, 9.17) is 17.0 Å². The van der Waals surface area contributed by atoms with Gasteiger partial charge in [0.1, 0.15) is 0 Å². The molecule has 0 bridgehead atoms. The van der Waals surface area contributed by atoms with Gasteiger partial charge in [0.05, 0.1) is 16.8 Å². The SMILES string of the molecule is CCCC1(Cl)[C@H]2NC(=N)CC(C)[C@@H]21. The predicted octanol–water partition coefficient (Wildman–Crippen LogP) is 2.37. The van der Waals surface area contributed by atoms with Crippen molar-refractivity contribution in [3.8, 4) is 0 Å². The van der Waals surface area contributed by atoms with Crippen LogP contribution in [0.15, 0.2) is 0 Å². The summed E-state index contributed by atoms with van der Waals surface area (Å²) in [5.41, 5.74) is 0. The highest BCUT2D eigenvalue weighted by Crippen LogP contribution is 2.58. The van der Waals surface area contributed by atoms with Crippen molar-refractivity contribution in [2.75, 3.05) is 0 Å². The Morgan fingerprint density at radius 1 is 1.69 bits per heavy atom. The number of nitrogens with one attached hydrogen (secondary N) is 2. The van der Waals surface area contributed by atoms with E-state index in [0.29, 0.717) is 23.7 Å². The molecule has 2 rings (SSSR count). The van der Waals surface area contributed by atoms with Crippen LogP contribution in [0.3, 0.4) is 0 Å². The number of alkyl halides is 1. The number of fused-ring (bicyclic) bond motifs is 1. The highest BCUT2D eigenvalue weighted by molar-refractivity contribution is 6.27. The number of halogens is 1. The van der Waals surface area contributed by atoms with Gasteiger partial charge in [0, 0.05) is 12.3 Å². The topological polar surface area (TPSA) is 35.9 Å². The van der Waals surface area contributed by atoms with Crippen molar-refractivity contribution in [2.24, 2.45) is 11.8 Å². The molecule has 1 aliphatic carbocycles. The molecule has 2 unspecified atom stereocenters. The number of rotatable bonds is 2. The van der Waals surface area contributed by atoms with Gasteiger partial charge in [-0.1, -0.05) is 20.3 Å². The molecule has 0 aromatic carbocycles. The van der Waals surface area contributed by atoms with E-state index in [0.717, 1.165) is 19.3 Å². The van der Waals surface area contributed by atoms with E-state index in [1.54, 1.807) is 0 Å². The third-order valence-electron chi connectivity index (χ3n) is 3.42. The summed E-state index contributed by atoms with van der Waals surface area (Å²) in [5, 5.41) is 10.8. The predicted molar refractivity (Wildman–Crippen MR) is 55.4 cm³/mol. The Labute approximate surface area is 84.6 Å². The molecule has 0 aromatic rings. The van der Waals surface area contributed by atoms with Crippen LogP contribution in [0.5, 0.6) is 0 Å². The largest absolute Gasteiger partial charge is 0.369 e. The van der Waals surface area contributed by atoms with Crippen molar-refractivity contribution in [3.05, 3.63) is 0 Å². The van der Waals surface area contributed by atoms with Gasteiger partial charge < -0.3 is 5.32 Å². The molecule has 3 heteroatoms. The minimum Gasteiger partial charge on any atom is -0.369 e. The average molecular weight is 201 g/mol. The standard InChI is InChI=1S/C10H17ClN2/c1-3-4-10(11)8-6(2)5-7(12)13-9(8)10/h6,8-9H,3-5H2,1-2H3,(H2,12,13)/t6?,8-,9-,10?/m0/s1. The molecule has 1 heterocycles. The van der Waals surface area contributed by atoms with Crippen LogP contribution in [0.1, 0.15) is 33.1 Å². The molecular weight excluding hydrogens is 184 g/mol. The lowest BCUT2D eigenvalue weighted by Crippen LogP contribution is -2.34. The first-order valence-electron chi connectivity index (χ1n) is 5.12. The number of amidine groups is 1. The third kappa shape index (κ3) is 1.26. The monoisotopic (exact) mass is 200 g/mol. The summed E-state index contributed by atoms with van der Waals surface area (Å²) < 4.78 is 0. The molecule has 0 amide bonds. The maximum absolute atomic E-state index is 7.62. The second-order valence-corrected chi connectivity index (χ2v) is 5.19. The van der Waals surface area contributed by atoms with E-state index in [9.17, 15) is 0 Å². The minimum absolute atomic E-state index is 0.0308. The lowest BCUT2D eigenvalue weighted by molar-refractivity contribution is 0.458. The van der Waals surface area contributed by atoms with Crippen LogP contribution < -0.4 is 5.32 Å². The van der Waals surface area contributed by atoms with E-state index >= 15 is 0 Å². The fraction of sp³-hybridized carbons (Fsp3) is 0.900. The Bertz CT molecular complexity index is 241. The molecule has 4 atom stereocenters. The molecule has 0 radical (unpaired) electrons. The van der Waals surface area contributed by atoms with Gasteiger partial charge in [-0.25, -0.2) is 0 Å². The second kappa shape index (κ2) is 2.88. The molecule has 1 saturated heterocycles. The van der Waals surface area contributed by atoms with Crippen LogP contribution in [0.25, 0.3) is 0 Å². The molecule has 0 aromatic heterocycles. The summed E-state index contributed by atoms with van der Waals surface area (Å²) in [7, 11) is 0. The Morgan fingerprint density at radius 2 is 2.38 bits per heavy atom. The fourth-order valence-electron chi connectivity index (χ4n) is 2.85. The summed E-state index contributed by atoms with van der Waals surface area (Å²) >= 11 is 6.52. The van der Waals surface area contributed by atoms with E-state index in [1.807, 2.05) is 0 Å². The van der Waals surface area contributed by atoms with Crippen LogP contribution >= 0.6 is 11.6 Å². The maximum atomic E-state index is 7.62. The van der Waals surface area contributed by atoms with Crippen LogP contribution in [-0.2, 0) is 0 Å². The molecule has 1 aliphatic heterocycles. The zero-order valence-electron chi connectivity index (χ0n) is 8.23. The normalized spacial score (nSPS) is 48.2. The zero-order chi connectivity index (χ0) is 9.64. The Morgan fingerprint density at radius 3 is 3.00 bits per heavy atom. The highest BCUT2D eigenvalue weighted by Gasteiger charge is 2.66. The Balaban J connectivity index is 2.09. The van der Waals surface area contributed by atoms with Crippen molar-refractivity contribution in [1.82, 2.24) is 5.32 Å². The van der Waals surface area contributed by atoms with Gasteiger partial charge in [-0.2, -0.15) is 0 Å². The molecule has 2 aliphatic rings. The molecule has 2 fully saturated rings. The molecule has 74 valence electrons. The quantitative estimate of drug-likeness (QED) is 0.660.